The van der Waals surface area contributed by atoms with Crippen LogP contribution in [0.5, 0.6) is 0 Å². The molecule has 0 saturated heterocycles. The average molecular weight is 175 g/mol. The van der Waals surface area contributed by atoms with Crippen LogP contribution < -0.4 is 0 Å². The van der Waals surface area contributed by atoms with Crippen LogP contribution in [0.25, 0.3) is 0 Å². The Balaban J connectivity index is 3.69. The molecule has 0 aromatic rings. The molecule has 0 aromatic carbocycles. The SMILES string of the molecule is CCCN(C[C@H](C)O)C[C@@H](C)O. The summed E-state index contributed by atoms with van der Waals surface area (Å²) in [6, 6.07) is 0. The van der Waals surface area contributed by atoms with Gasteiger partial charge in [-0.2, -0.15) is 0 Å². The number of aliphatic hydroxyl groups excluding tert-OH is 2. The molecule has 0 aliphatic rings. The first kappa shape index (κ1) is 11.9. The summed E-state index contributed by atoms with van der Waals surface area (Å²) in [4.78, 5) is 2.08. The topological polar surface area (TPSA) is 43.7 Å². The Kier molecular flexibility index (Phi) is 6.34. The molecule has 0 spiro atoms. The summed E-state index contributed by atoms with van der Waals surface area (Å²) in [5, 5.41) is 18.3. The van der Waals surface area contributed by atoms with Crippen LogP contribution in [0.15, 0.2) is 0 Å². The van der Waals surface area contributed by atoms with Gasteiger partial charge in [0.25, 0.3) is 0 Å². The van der Waals surface area contributed by atoms with Crippen molar-refractivity contribution in [3.63, 3.8) is 0 Å². The fourth-order valence-electron chi connectivity index (χ4n) is 1.32. The first-order valence-corrected chi connectivity index (χ1v) is 4.64. The highest BCUT2D eigenvalue weighted by Crippen LogP contribution is 1.96. The summed E-state index contributed by atoms with van der Waals surface area (Å²) >= 11 is 0. The van der Waals surface area contributed by atoms with E-state index in [9.17, 15) is 0 Å². The van der Waals surface area contributed by atoms with Crippen LogP contribution in [-0.2, 0) is 0 Å². The van der Waals surface area contributed by atoms with Gasteiger partial charge in [0.1, 0.15) is 0 Å². The van der Waals surface area contributed by atoms with E-state index in [4.69, 9.17) is 10.2 Å². The summed E-state index contributed by atoms with van der Waals surface area (Å²) in [6.07, 6.45) is 0.435. The molecule has 3 nitrogen and oxygen atoms in total. The molecule has 0 radical (unpaired) electrons. The predicted octanol–water partition coefficient (Wildman–Crippen LogP) is 0.460. The molecular formula is C9H21NO2. The van der Waals surface area contributed by atoms with E-state index in [1.165, 1.54) is 0 Å². The second-order valence-electron chi connectivity index (χ2n) is 3.46. The highest BCUT2D eigenvalue weighted by atomic mass is 16.3. The molecule has 3 heteroatoms. The van der Waals surface area contributed by atoms with Crippen molar-refractivity contribution in [2.75, 3.05) is 19.6 Å². The van der Waals surface area contributed by atoms with E-state index in [1.807, 2.05) is 0 Å². The van der Waals surface area contributed by atoms with E-state index < -0.39 is 0 Å². The summed E-state index contributed by atoms with van der Waals surface area (Å²) < 4.78 is 0. The van der Waals surface area contributed by atoms with E-state index in [2.05, 4.69) is 11.8 Å². The van der Waals surface area contributed by atoms with Crippen LogP contribution >= 0.6 is 0 Å². The van der Waals surface area contributed by atoms with Gasteiger partial charge in [0.05, 0.1) is 12.2 Å². The maximum absolute atomic E-state index is 9.14. The van der Waals surface area contributed by atoms with Crippen LogP contribution in [0, 0.1) is 0 Å². The van der Waals surface area contributed by atoms with Crippen molar-refractivity contribution in [3.8, 4) is 0 Å². The Hall–Kier alpha value is -0.120. The lowest BCUT2D eigenvalue weighted by molar-refractivity contribution is 0.0837. The lowest BCUT2D eigenvalue weighted by Crippen LogP contribution is -2.36. The minimum absolute atomic E-state index is 0.310. The van der Waals surface area contributed by atoms with E-state index in [-0.39, 0.29) is 12.2 Å². The fraction of sp³-hybridized carbons (Fsp3) is 1.00. The Labute approximate surface area is 75.0 Å². The van der Waals surface area contributed by atoms with Crippen LogP contribution in [0.2, 0.25) is 0 Å². The lowest BCUT2D eigenvalue weighted by atomic mass is 10.3. The number of nitrogens with zero attached hydrogens (tertiary/aromatic N) is 1. The number of aliphatic hydroxyl groups is 2. The Morgan fingerprint density at radius 1 is 1.08 bits per heavy atom. The number of hydrogen-bond acceptors (Lipinski definition) is 3. The van der Waals surface area contributed by atoms with Crippen molar-refractivity contribution >= 4 is 0 Å². The van der Waals surface area contributed by atoms with Crippen LogP contribution in [0.4, 0.5) is 0 Å². The average Bonchev–Trinajstić information content (AvgIpc) is 1.84. The van der Waals surface area contributed by atoms with Crippen molar-refractivity contribution < 1.29 is 10.2 Å². The van der Waals surface area contributed by atoms with Gasteiger partial charge in [0.15, 0.2) is 0 Å². The quantitative estimate of drug-likeness (QED) is 0.616. The minimum atomic E-state index is -0.310. The molecule has 0 rings (SSSR count). The molecule has 2 atom stereocenters. The first-order valence-electron chi connectivity index (χ1n) is 4.64. The third kappa shape index (κ3) is 6.58. The van der Waals surface area contributed by atoms with Crippen molar-refractivity contribution in [2.24, 2.45) is 0 Å². The molecule has 74 valence electrons. The van der Waals surface area contributed by atoms with Gasteiger partial charge in [-0.25, -0.2) is 0 Å². The molecule has 12 heavy (non-hydrogen) atoms. The Morgan fingerprint density at radius 2 is 1.50 bits per heavy atom. The van der Waals surface area contributed by atoms with Crippen LogP contribution in [0.3, 0.4) is 0 Å². The smallest absolute Gasteiger partial charge is 0.0639 e. The fourth-order valence-corrected chi connectivity index (χ4v) is 1.32. The van der Waals surface area contributed by atoms with Gasteiger partial charge in [0, 0.05) is 13.1 Å². The van der Waals surface area contributed by atoms with Crippen molar-refractivity contribution in [1.82, 2.24) is 4.90 Å². The Bertz CT molecular complexity index is 94.7. The molecule has 0 unspecified atom stereocenters. The van der Waals surface area contributed by atoms with E-state index in [0.29, 0.717) is 13.1 Å². The maximum atomic E-state index is 9.14. The number of rotatable bonds is 6. The summed E-state index contributed by atoms with van der Waals surface area (Å²) in [6.45, 7) is 7.87. The molecule has 0 aliphatic carbocycles. The molecule has 0 saturated carbocycles. The van der Waals surface area contributed by atoms with Gasteiger partial charge >= 0.3 is 0 Å². The molecule has 0 bridgehead atoms. The Morgan fingerprint density at radius 3 is 1.75 bits per heavy atom. The second kappa shape index (κ2) is 6.40. The molecule has 2 N–H and O–H groups in total. The third-order valence-electron chi connectivity index (χ3n) is 1.58. The van der Waals surface area contributed by atoms with E-state index >= 15 is 0 Å². The third-order valence-corrected chi connectivity index (χ3v) is 1.58. The lowest BCUT2D eigenvalue weighted by Gasteiger charge is -2.24. The van der Waals surface area contributed by atoms with Gasteiger partial charge in [-0.15, -0.1) is 0 Å². The van der Waals surface area contributed by atoms with Crippen LogP contribution in [0.1, 0.15) is 27.2 Å². The largest absolute Gasteiger partial charge is 0.392 e. The van der Waals surface area contributed by atoms with Gasteiger partial charge in [0.2, 0.25) is 0 Å². The van der Waals surface area contributed by atoms with Gasteiger partial charge < -0.3 is 10.2 Å². The molecule has 0 aromatic heterocycles. The van der Waals surface area contributed by atoms with Gasteiger partial charge in [-0.3, -0.25) is 4.90 Å². The second-order valence-corrected chi connectivity index (χ2v) is 3.46. The zero-order chi connectivity index (χ0) is 9.56. The monoisotopic (exact) mass is 175 g/mol. The van der Waals surface area contributed by atoms with Crippen molar-refractivity contribution in [1.29, 1.82) is 0 Å². The highest BCUT2D eigenvalue weighted by Gasteiger charge is 2.09. The van der Waals surface area contributed by atoms with Crippen molar-refractivity contribution in [3.05, 3.63) is 0 Å². The van der Waals surface area contributed by atoms with Gasteiger partial charge in [-0.05, 0) is 26.8 Å². The normalized spacial score (nSPS) is 16.5. The maximum Gasteiger partial charge on any atom is 0.0639 e. The summed E-state index contributed by atoms with van der Waals surface area (Å²) in [7, 11) is 0. The zero-order valence-corrected chi connectivity index (χ0v) is 8.32. The molecular weight excluding hydrogens is 154 g/mol. The van der Waals surface area contributed by atoms with E-state index in [1.54, 1.807) is 13.8 Å². The summed E-state index contributed by atoms with van der Waals surface area (Å²) in [5.41, 5.74) is 0. The summed E-state index contributed by atoms with van der Waals surface area (Å²) in [5.74, 6) is 0. The molecule has 0 amide bonds. The predicted molar refractivity (Wildman–Crippen MR) is 50.1 cm³/mol. The van der Waals surface area contributed by atoms with Gasteiger partial charge in [-0.1, -0.05) is 6.92 Å². The molecule has 0 heterocycles. The van der Waals surface area contributed by atoms with E-state index in [0.717, 1.165) is 13.0 Å². The first-order chi connectivity index (χ1) is 5.56. The standard InChI is InChI=1S/C9H21NO2/c1-4-5-10(6-8(2)11)7-9(3)12/h8-9,11-12H,4-7H2,1-3H3/t8-,9+. The van der Waals surface area contributed by atoms with Crippen molar-refractivity contribution in [2.45, 2.75) is 39.4 Å². The number of hydrogen-bond donors (Lipinski definition) is 2. The molecule has 0 fully saturated rings. The van der Waals surface area contributed by atoms with Crippen LogP contribution in [-0.4, -0.2) is 47.0 Å². The highest BCUT2D eigenvalue weighted by molar-refractivity contribution is 4.63. The zero-order valence-electron chi connectivity index (χ0n) is 8.32. The minimum Gasteiger partial charge on any atom is -0.392 e. The molecule has 0 aliphatic heterocycles.